The van der Waals surface area contributed by atoms with Crippen molar-refractivity contribution in [3.8, 4) is 0 Å². The Hall–Kier alpha value is -1.32. The van der Waals surface area contributed by atoms with Gasteiger partial charge >= 0.3 is 0 Å². The van der Waals surface area contributed by atoms with E-state index in [2.05, 4.69) is 6.58 Å². The maximum Gasteiger partial charge on any atom is 0.242 e. The van der Waals surface area contributed by atoms with Crippen LogP contribution < -0.4 is 0 Å². The molecule has 0 unspecified atom stereocenters. The van der Waals surface area contributed by atoms with Crippen LogP contribution in [-0.2, 0) is 9.59 Å². The van der Waals surface area contributed by atoms with E-state index in [4.69, 9.17) is 0 Å². The Morgan fingerprint density at radius 3 is 2.38 bits per heavy atom. The van der Waals surface area contributed by atoms with Crippen molar-refractivity contribution >= 4 is 11.8 Å². The lowest BCUT2D eigenvalue weighted by Gasteiger charge is -2.32. The van der Waals surface area contributed by atoms with Gasteiger partial charge < -0.3 is 9.80 Å². The van der Waals surface area contributed by atoms with Gasteiger partial charge in [-0.15, -0.1) is 6.58 Å². The topological polar surface area (TPSA) is 40.6 Å². The first-order valence-corrected chi connectivity index (χ1v) is 4.35. The highest BCUT2D eigenvalue weighted by atomic mass is 16.2. The van der Waals surface area contributed by atoms with Crippen molar-refractivity contribution in [1.82, 2.24) is 9.80 Å². The van der Waals surface area contributed by atoms with Gasteiger partial charge in [0.25, 0.3) is 0 Å². The number of hydrogen-bond donors (Lipinski definition) is 0. The van der Waals surface area contributed by atoms with E-state index < -0.39 is 0 Å². The molecule has 0 atom stereocenters. The van der Waals surface area contributed by atoms with Gasteiger partial charge in [0.1, 0.15) is 6.54 Å². The zero-order valence-corrected chi connectivity index (χ0v) is 7.82. The molecule has 0 spiro atoms. The first-order valence-electron chi connectivity index (χ1n) is 4.35. The minimum atomic E-state index is 0.00125. The van der Waals surface area contributed by atoms with Gasteiger partial charge in [0.15, 0.2) is 0 Å². The Labute approximate surface area is 77.8 Å². The highest BCUT2D eigenvalue weighted by Gasteiger charge is 2.27. The molecular formula is C9H14N2O2. The fourth-order valence-corrected chi connectivity index (χ4v) is 1.31. The molecule has 13 heavy (non-hydrogen) atoms. The Morgan fingerprint density at radius 2 is 1.85 bits per heavy atom. The van der Waals surface area contributed by atoms with Gasteiger partial charge in [-0.25, -0.2) is 0 Å². The highest BCUT2D eigenvalue weighted by molar-refractivity contribution is 5.92. The molecule has 4 heteroatoms. The zero-order chi connectivity index (χ0) is 9.84. The Morgan fingerprint density at radius 1 is 1.31 bits per heavy atom. The van der Waals surface area contributed by atoms with Crippen molar-refractivity contribution in [2.45, 2.75) is 6.92 Å². The Bertz CT molecular complexity index is 238. The highest BCUT2D eigenvalue weighted by Crippen LogP contribution is 2.03. The van der Waals surface area contributed by atoms with Gasteiger partial charge in [-0.1, -0.05) is 6.08 Å². The summed E-state index contributed by atoms with van der Waals surface area (Å²) in [5.41, 5.74) is 0. The van der Waals surface area contributed by atoms with Crippen LogP contribution in [0.2, 0.25) is 0 Å². The van der Waals surface area contributed by atoms with Gasteiger partial charge in [-0.2, -0.15) is 0 Å². The summed E-state index contributed by atoms with van der Waals surface area (Å²) in [6, 6.07) is 0. The summed E-state index contributed by atoms with van der Waals surface area (Å²) in [6.45, 7) is 6.87. The van der Waals surface area contributed by atoms with Crippen molar-refractivity contribution in [3.63, 3.8) is 0 Å². The number of carbonyl (C=O) groups excluding carboxylic acids is 2. The molecular weight excluding hydrogens is 168 g/mol. The molecule has 1 rings (SSSR count). The fourth-order valence-electron chi connectivity index (χ4n) is 1.31. The largest absolute Gasteiger partial charge is 0.332 e. The summed E-state index contributed by atoms with van der Waals surface area (Å²) in [7, 11) is 0. The van der Waals surface area contributed by atoms with E-state index in [1.165, 1.54) is 4.90 Å². The normalized spacial score (nSPS) is 17.9. The number of hydrogen-bond acceptors (Lipinski definition) is 2. The molecule has 0 radical (unpaired) electrons. The molecule has 1 aliphatic heterocycles. The van der Waals surface area contributed by atoms with E-state index in [-0.39, 0.29) is 24.9 Å². The summed E-state index contributed by atoms with van der Waals surface area (Å²) < 4.78 is 0. The van der Waals surface area contributed by atoms with Crippen LogP contribution in [0.5, 0.6) is 0 Å². The van der Waals surface area contributed by atoms with Gasteiger partial charge in [-0.05, 0) is 6.92 Å². The number of rotatable bonds is 3. The molecule has 0 aromatic carbocycles. The van der Waals surface area contributed by atoms with E-state index in [9.17, 15) is 9.59 Å². The van der Waals surface area contributed by atoms with Gasteiger partial charge in [0.2, 0.25) is 11.8 Å². The molecule has 1 fully saturated rings. The van der Waals surface area contributed by atoms with Crippen molar-refractivity contribution in [1.29, 1.82) is 0 Å². The molecule has 2 amide bonds. The van der Waals surface area contributed by atoms with E-state index in [1.807, 2.05) is 6.92 Å². The number of nitrogens with zero attached hydrogens (tertiary/aromatic N) is 2. The lowest BCUT2D eigenvalue weighted by molar-refractivity contribution is -0.149. The molecule has 0 bridgehead atoms. The maximum absolute atomic E-state index is 11.4. The Kier molecular flexibility index (Phi) is 3.06. The molecule has 0 saturated carbocycles. The summed E-state index contributed by atoms with van der Waals surface area (Å²) in [5.74, 6) is 0.0188. The smallest absolute Gasteiger partial charge is 0.242 e. The number of amides is 2. The standard InChI is InChI=1S/C9H14N2O2/c1-3-5-11-7-8(12)10(4-2)6-9(11)13/h3H,1,4-7H2,2H3. The molecule has 0 aromatic rings. The SMILES string of the molecule is C=CCN1CC(=O)N(CC)CC1=O. The predicted octanol–water partition coefficient (Wildman–Crippen LogP) is -0.137. The van der Waals surface area contributed by atoms with Crippen LogP contribution in [0, 0.1) is 0 Å². The molecule has 4 nitrogen and oxygen atoms in total. The van der Waals surface area contributed by atoms with Crippen LogP contribution in [0.1, 0.15) is 6.92 Å². The van der Waals surface area contributed by atoms with Crippen LogP contribution in [0.3, 0.4) is 0 Å². The molecule has 0 aliphatic carbocycles. The van der Waals surface area contributed by atoms with Crippen molar-refractivity contribution in [3.05, 3.63) is 12.7 Å². The fraction of sp³-hybridized carbons (Fsp3) is 0.556. The van der Waals surface area contributed by atoms with Crippen molar-refractivity contribution in [2.75, 3.05) is 26.2 Å². The number of likely N-dealkylation sites (N-methyl/N-ethyl adjacent to an activating group) is 1. The minimum absolute atomic E-state index is 0.00125. The number of piperazine rings is 1. The molecule has 1 aliphatic rings. The van der Waals surface area contributed by atoms with Crippen LogP contribution in [0.15, 0.2) is 12.7 Å². The van der Waals surface area contributed by atoms with E-state index in [0.29, 0.717) is 13.1 Å². The van der Waals surface area contributed by atoms with Crippen molar-refractivity contribution < 1.29 is 9.59 Å². The lowest BCUT2D eigenvalue weighted by Crippen LogP contribution is -2.53. The monoisotopic (exact) mass is 182 g/mol. The second-order valence-electron chi connectivity index (χ2n) is 2.97. The van der Waals surface area contributed by atoms with Gasteiger partial charge in [-0.3, -0.25) is 9.59 Å². The third kappa shape index (κ3) is 2.08. The average Bonchev–Trinajstić information content (AvgIpc) is 2.11. The first-order chi connectivity index (χ1) is 6.19. The maximum atomic E-state index is 11.4. The van der Waals surface area contributed by atoms with E-state index in [0.717, 1.165) is 0 Å². The summed E-state index contributed by atoms with van der Waals surface area (Å²) in [6.07, 6.45) is 1.63. The summed E-state index contributed by atoms with van der Waals surface area (Å²) in [4.78, 5) is 25.8. The summed E-state index contributed by atoms with van der Waals surface area (Å²) in [5, 5.41) is 0. The van der Waals surface area contributed by atoms with Crippen LogP contribution in [-0.4, -0.2) is 47.8 Å². The van der Waals surface area contributed by atoms with Crippen LogP contribution in [0.25, 0.3) is 0 Å². The first kappa shape index (κ1) is 9.77. The second kappa shape index (κ2) is 4.07. The van der Waals surface area contributed by atoms with Crippen molar-refractivity contribution in [2.24, 2.45) is 0 Å². The lowest BCUT2D eigenvalue weighted by atomic mass is 10.3. The van der Waals surface area contributed by atoms with E-state index in [1.54, 1.807) is 11.0 Å². The minimum Gasteiger partial charge on any atom is -0.332 e. The molecule has 0 aromatic heterocycles. The third-order valence-electron chi connectivity index (χ3n) is 2.09. The van der Waals surface area contributed by atoms with Gasteiger partial charge in [0.05, 0.1) is 6.54 Å². The average molecular weight is 182 g/mol. The van der Waals surface area contributed by atoms with E-state index >= 15 is 0 Å². The zero-order valence-electron chi connectivity index (χ0n) is 7.82. The molecule has 0 N–H and O–H groups in total. The second-order valence-corrected chi connectivity index (χ2v) is 2.97. The molecule has 1 heterocycles. The van der Waals surface area contributed by atoms with Crippen LogP contribution in [0.4, 0.5) is 0 Å². The molecule has 1 saturated heterocycles. The third-order valence-corrected chi connectivity index (χ3v) is 2.09. The number of carbonyl (C=O) groups is 2. The predicted molar refractivity (Wildman–Crippen MR) is 49.0 cm³/mol. The van der Waals surface area contributed by atoms with Crippen LogP contribution >= 0.6 is 0 Å². The quantitative estimate of drug-likeness (QED) is 0.570. The van der Waals surface area contributed by atoms with Gasteiger partial charge in [0, 0.05) is 13.1 Å². The summed E-state index contributed by atoms with van der Waals surface area (Å²) >= 11 is 0. The molecule has 72 valence electrons. The Balaban J connectivity index is 2.61.